The molecule has 0 saturated carbocycles. The van der Waals surface area contributed by atoms with E-state index in [1.807, 2.05) is 0 Å². The number of hydrogen-bond acceptors (Lipinski definition) is 4. The number of benzene rings is 1. The first-order chi connectivity index (χ1) is 9.63. The number of ether oxygens (including phenoxy) is 1. The second kappa shape index (κ2) is 6.22. The van der Waals surface area contributed by atoms with E-state index in [1.54, 1.807) is 42.2 Å². The summed E-state index contributed by atoms with van der Waals surface area (Å²) in [6.45, 7) is 4.56. The molecule has 2 rings (SSSR count). The topological polar surface area (TPSA) is 71.1 Å². The van der Waals surface area contributed by atoms with Crippen LogP contribution in [0.4, 0.5) is 0 Å². The van der Waals surface area contributed by atoms with E-state index in [4.69, 9.17) is 10.00 Å². The lowest BCUT2D eigenvalue weighted by atomic mass is 10.1. The first kappa shape index (κ1) is 14.1. The highest BCUT2D eigenvalue weighted by Gasteiger charge is 2.12. The van der Waals surface area contributed by atoms with E-state index in [2.05, 4.69) is 18.1 Å². The van der Waals surface area contributed by atoms with E-state index in [0.717, 1.165) is 13.0 Å². The number of nitriles is 1. The Kier molecular flexibility index (Phi) is 4.38. The molecule has 0 radical (unpaired) electrons. The van der Waals surface area contributed by atoms with Crippen LogP contribution in [0.15, 0.2) is 30.6 Å². The number of aryl methyl sites for hydroxylation is 1. The van der Waals surface area contributed by atoms with Crippen molar-refractivity contribution in [2.24, 2.45) is 0 Å². The maximum absolute atomic E-state index is 9.75. The second-order valence-electron chi connectivity index (χ2n) is 4.58. The smallest absolute Gasteiger partial charge is 0.165 e. The summed E-state index contributed by atoms with van der Waals surface area (Å²) in [5.74, 6) is 1.07. The Morgan fingerprint density at radius 1 is 1.50 bits per heavy atom. The third-order valence-electron chi connectivity index (χ3n) is 2.88. The Balaban J connectivity index is 2.28. The Hall–Kier alpha value is -2.32. The summed E-state index contributed by atoms with van der Waals surface area (Å²) in [6.07, 6.45) is 3.75. The van der Waals surface area contributed by atoms with Crippen molar-refractivity contribution in [1.82, 2.24) is 9.78 Å². The Bertz CT molecular complexity index is 626. The van der Waals surface area contributed by atoms with Crippen molar-refractivity contribution >= 4 is 0 Å². The highest BCUT2D eigenvalue weighted by atomic mass is 16.5. The quantitative estimate of drug-likeness (QED) is 0.907. The van der Waals surface area contributed by atoms with Gasteiger partial charge in [0.15, 0.2) is 5.75 Å². The largest absolute Gasteiger partial charge is 0.454 e. The second-order valence-corrected chi connectivity index (χ2v) is 4.58. The molecule has 5 nitrogen and oxygen atoms in total. The predicted molar refractivity (Wildman–Crippen MR) is 74.4 cm³/mol. The summed E-state index contributed by atoms with van der Waals surface area (Å²) in [7, 11) is 0. The van der Waals surface area contributed by atoms with Gasteiger partial charge in [0.25, 0.3) is 0 Å². The van der Waals surface area contributed by atoms with Crippen LogP contribution in [0.3, 0.4) is 0 Å². The van der Waals surface area contributed by atoms with Gasteiger partial charge in [-0.05, 0) is 25.5 Å². The molecule has 0 amide bonds. The minimum atomic E-state index is -0.663. The zero-order valence-electron chi connectivity index (χ0n) is 11.6. The molecule has 0 saturated heterocycles. The molecule has 1 aromatic carbocycles. The first-order valence-electron chi connectivity index (χ1n) is 6.56. The molecule has 1 heterocycles. The number of hydrogen-bond donors (Lipinski definition) is 1. The van der Waals surface area contributed by atoms with Gasteiger partial charge in [0.2, 0.25) is 0 Å². The molecule has 0 fully saturated rings. The predicted octanol–water partition coefficient (Wildman–Crippen LogP) is 3.01. The van der Waals surface area contributed by atoms with Gasteiger partial charge >= 0.3 is 0 Å². The van der Waals surface area contributed by atoms with Gasteiger partial charge in [0.05, 0.1) is 30.1 Å². The van der Waals surface area contributed by atoms with E-state index in [0.29, 0.717) is 22.6 Å². The van der Waals surface area contributed by atoms with Crippen LogP contribution in [-0.2, 0) is 6.54 Å². The lowest BCUT2D eigenvalue weighted by Gasteiger charge is -2.12. The fourth-order valence-corrected chi connectivity index (χ4v) is 1.91. The highest BCUT2D eigenvalue weighted by molar-refractivity contribution is 5.45. The average Bonchev–Trinajstić information content (AvgIpc) is 2.86. The minimum Gasteiger partial charge on any atom is -0.454 e. The van der Waals surface area contributed by atoms with Crippen LogP contribution in [0.25, 0.3) is 0 Å². The number of aromatic nitrogens is 2. The van der Waals surface area contributed by atoms with E-state index >= 15 is 0 Å². The molecule has 20 heavy (non-hydrogen) atoms. The van der Waals surface area contributed by atoms with Gasteiger partial charge in [-0.3, -0.25) is 4.68 Å². The third-order valence-corrected chi connectivity index (χ3v) is 2.88. The van der Waals surface area contributed by atoms with Crippen LogP contribution in [0.5, 0.6) is 11.5 Å². The molecule has 0 aliphatic rings. The summed E-state index contributed by atoms with van der Waals surface area (Å²) >= 11 is 0. The van der Waals surface area contributed by atoms with Gasteiger partial charge in [0, 0.05) is 12.1 Å². The van der Waals surface area contributed by atoms with Gasteiger partial charge in [-0.25, -0.2) is 0 Å². The zero-order valence-corrected chi connectivity index (χ0v) is 11.6. The summed E-state index contributed by atoms with van der Waals surface area (Å²) in [6, 6.07) is 7.05. The summed E-state index contributed by atoms with van der Waals surface area (Å²) in [5.41, 5.74) is 1.14. The van der Waals surface area contributed by atoms with Crippen molar-refractivity contribution in [3.63, 3.8) is 0 Å². The number of nitrogens with zero attached hydrogens (tertiary/aromatic N) is 3. The Morgan fingerprint density at radius 2 is 2.30 bits per heavy atom. The van der Waals surface area contributed by atoms with Crippen LogP contribution in [0.1, 0.15) is 37.5 Å². The molecule has 0 aliphatic heterocycles. The monoisotopic (exact) mass is 271 g/mol. The van der Waals surface area contributed by atoms with Crippen LogP contribution in [0.2, 0.25) is 0 Å². The normalized spacial score (nSPS) is 11.9. The maximum atomic E-state index is 9.75. The summed E-state index contributed by atoms with van der Waals surface area (Å²) in [5, 5.41) is 22.9. The van der Waals surface area contributed by atoms with E-state index < -0.39 is 6.10 Å². The molecular weight excluding hydrogens is 254 g/mol. The van der Waals surface area contributed by atoms with Gasteiger partial charge in [0.1, 0.15) is 5.75 Å². The molecule has 2 aromatic rings. The van der Waals surface area contributed by atoms with Crippen molar-refractivity contribution in [3.8, 4) is 17.6 Å². The molecule has 0 spiro atoms. The van der Waals surface area contributed by atoms with Gasteiger partial charge < -0.3 is 9.84 Å². The van der Waals surface area contributed by atoms with Crippen LogP contribution in [0, 0.1) is 11.3 Å². The van der Waals surface area contributed by atoms with Crippen molar-refractivity contribution in [2.75, 3.05) is 0 Å². The van der Waals surface area contributed by atoms with E-state index in [-0.39, 0.29) is 0 Å². The summed E-state index contributed by atoms with van der Waals surface area (Å²) < 4.78 is 7.54. The minimum absolute atomic E-state index is 0.482. The third kappa shape index (κ3) is 3.16. The van der Waals surface area contributed by atoms with Gasteiger partial charge in [-0.1, -0.05) is 13.0 Å². The Morgan fingerprint density at radius 3 is 2.95 bits per heavy atom. The molecule has 1 aromatic heterocycles. The number of aliphatic hydroxyl groups excluding tert-OH is 1. The fourth-order valence-electron chi connectivity index (χ4n) is 1.91. The van der Waals surface area contributed by atoms with E-state index in [1.165, 1.54) is 0 Å². The molecular formula is C15H17N3O2. The molecule has 0 bridgehead atoms. The van der Waals surface area contributed by atoms with Crippen molar-refractivity contribution in [2.45, 2.75) is 32.9 Å². The number of rotatable bonds is 5. The standard InChI is InChI=1S/C15H17N3O2/c1-3-6-18-10-13(9-17-18)20-15-7-12(8-16)4-5-14(15)11(2)19/h4-5,7,9-11,19H,3,6H2,1-2H3/t11-/m1/s1. The molecule has 0 unspecified atom stereocenters. The van der Waals surface area contributed by atoms with Crippen LogP contribution in [-0.4, -0.2) is 14.9 Å². The summed E-state index contributed by atoms with van der Waals surface area (Å²) in [4.78, 5) is 0. The van der Waals surface area contributed by atoms with Gasteiger partial charge in [-0.15, -0.1) is 0 Å². The van der Waals surface area contributed by atoms with Crippen LogP contribution < -0.4 is 4.74 Å². The van der Waals surface area contributed by atoms with Crippen molar-refractivity contribution in [3.05, 3.63) is 41.7 Å². The Labute approximate surface area is 118 Å². The average molecular weight is 271 g/mol. The molecule has 1 atom stereocenters. The molecule has 104 valence electrons. The van der Waals surface area contributed by atoms with Crippen LogP contribution >= 0.6 is 0 Å². The fraction of sp³-hybridized carbons (Fsp3) is 0.333. The molecule has 1 N–H and O–H groups in total. The molecule has 5 heteroatoms. The lowest BCUT2D eigenvalue weighted by molar-refractivity contribution is 0.195. The first-order valence-corrected chi connectivity index (χ1v) is 6.56. The van der Waals surface area contributed by atoms with Crippen molar-refractivity contribution in [1.29, 1.82) is 5.26 Å². The van der Waals surface area contributed by atoms with E-state index in [9.17, 15) is 5.11 Å². The number of aliphatic hydroxyl groups is 1. The SMILES string of the molecule is CCCn1cc(Oc2cc(C#N)ccc2[C@@H](C)O)cn1. The molecule has 0 aliphatic carbocycles. The van der Waals surface area contributed by atoms with Crippen molar-refractivity contribution < 1.29 is 9.84 Å². The zero-order chi connectivity index (χ0) is 14.5. The maximum Gasteiger partial charge on any atom is 0.165 e. The van der Waals surface area contributed by atoms with Gasteiger partial charge in [-0.2, -0.15) is 10.4 Å². The lowest BCUT2D eigenvalue weighted by Crippen LogP contribution is -1.97. The highest BCUT2D eigenvalue weighted by Crippen LogP contribution is 2.30.